The van der Waals surface area contributed by atoms with E-state index >= 15 is 0 Å². The predicted octanol–water partition coefficient (Wildman–Crippen LogP) is 3.09. The SMILES string of the molecule is CCCCCCCCCNC(=O)Cn1c(C)csc1=O. The third-order valence-corrected chi connectivity index (χ3v) is 4.26. The Hall–Kier alpha value is -1.10. The number of unbranched alkanes of at least 4 members (excludes halogenated alkanes) is 6. The van der Waals surface area contributed by atoms with E-state index in [1.807, 2.05) is 6.92 Å². The van der Waals surface area contributed by atoms with Crippen LogP contribution in [0.15, 0.2) is 10.2 Å². The summed E-state index contributed by atoms with van der Waals surface area (Å²) in [4.78, 5) is 23.1. The minimum Gasteiger partial charge on any atom is -0.355 e. The summed E-state index contributed by atoms with van der Waals surface area (Å²) in [5, 5.41) is 4.67. The van der Waals surface area contributed by atoms with Crippen molar-refractivity contribution in [3.8, 4) is 0 Å². The van der Waals surface area contributed by atoms with Gasteiger partial charge in [0.15, 0.2) is 0 Å². The second-order valence-corrected chi connectivity index (χ2v) is 6.02. The van der Waals surface area contributed by atoms with Crippen LogP contribution < -0.4 is 10.2 Å². The molecule has 1 amide bonds. The number of carbonyl (C=O) groups is 1. The molecule has 0 aliphatic carbocycles. The highest BCUT2D eigenvalue weighted by molar-refractivity contribution is 7.07. The molecule has 0 saturated heterocycles. The lowest BCUT2D eigenvalue weighted by atomic mass is 10.1. The van der Waals surface area contributed by atoms with Crippen molar-refractivity contribution in [1.82, 2.24) is 9.88 Å². The van der Waals surface area contributed by atoms with E-state index in [0.717, 1.165) is 23.5 Å². The Kier molecular flexibility index (Phi) is 8.26. The van der Waals surface area contributed by atoms with E-state index < -0.39 is 0 Å². The van der Waals surface area contributed by atoms with E-state index in [1.165, 1.54) is 43.1 Å². The van der Waals surface area contributed by atoms with Crippen molar-refractivity contribution in [2.45, 2.75) is 65.3 Å². The molecule has 1 aromatic rings. The molecule has 5 heteroatoms. The van der Waals surface area contributed by atoms with Crippen molar-refractivity contribution in [3.05, 3.63) is 20.7 Å². The Morgan fingerprint density at radius 2 is 1.85 bits per heavy atom. The number of nitrogens with one attached hydrogen (secondary N) is 1. The summed E-state index contributed by atoms with van der Waals surface area (Å²) in [6.07, 6.45) is 8.66. The van der Waals surface area contributed by atoms with Crippen molar-refractivity contribution in [1.29, 1.82) is 0 Å². The predicted molar refractivity (Wildman–Crippen MR) is 84.3 cm³/mol. The fourth-order valence-corrected chi connectivity index (χ4v) is 2.84. The Morgan fingerprint density at radius 1 is 1.20 bits per heavy atom. The summed E-state index contributed by atoms with van der Waals surface area (Å²) in [5.41, 5.74) is 0.853. The number of amides is 1. The summed E-state index contributed by atoms with van der Waals surface area (Å²) in [6, 6.07) is 0. The molecule has 114 valence electrons. The van der Waals surface area contributed by atoms with Crippen LogP contribution in [0.1, 0.15) is 57.6 Å². The van der Waals surface area contributed by atoms with Crippen LogP contribution in [0.4, 0.5) is 0 Å². The maximum Gasteiger partial charge on any atom is 0.307 e. The van der Waals surface area contributed by atoms with Crippen LogP contribution in [-0.2, 0) is 11.3 Å². The van der Waals surface area contributed by atoms with Gasteiger partial charge in [-0.2, -0.15) is 0 Å². The highest BCUT2D eigenvalue weighted by Gasteiger charge is 2.07. The number of hydrogen-bond acceptors (Lipinski definition) is 3. The molecule has 1 heterocycles. The zero-order chi connectivity index (χ0) is 14.8. The maximum absolute atomic E-state index is 11.7. The number of aromatic nitrogens is 1. The molecule has 1 N–H and O–H groups in total. The van der Waals surface area contributed by atoms with Crippen LogP contribution in [-0.4, -0.2) is 17.0 Å². The van der Waals surface area contributed by atoms with E-state index in [9.17, 15) is 9.59 Å². The molecule has 0 saturated carbocycles. The van der Waals surface area contributed by atoms with Gasteiger partial charge in [0.05, 0.1) is 0 Å². The third kappa shape index (κ3) is 6.37. The van der Waals surface area contributed by atoms with Gasteiger partial charge in [0.1, 0.15) is 6.54 Å². The zero-order valence-corrected chi connectivity index (χ0v) is 13.4. The smallest absolute Gasteiger partial charge is 0.307 e. The summed E-state index contributed by atoms with van der Waals surface area (Å²) in [6.45, 7) is 4.92. The molecule has 0 aliphatic heterocycles. The molecule has 0 fully saturated rings. The van der Waals surface area contributed by atoms with Gasteiger partial charge in [-0.05, 0) is 13.3 Å². The lowest BCUT2D eigenvalue weighted by Crippen LogP contribution is -2.31. The van der Waals surface area contributed by atoms with Crippen molar-refractivity contribution in [2.24, 2.45) is 0 Å². The maximum atomic E-state index is 11.7. The number of carbonyl (C=O) groups excluding carboxylic acids is 1. The van der Waals surface area contributed by atoms with Crippen molar-refractivity contribution in [2.75, 3.05) is 6.54 Å². The average molecular weight is 298 g/mol. The second kappa shape index (κ2) is 9.75. The molecular weight excluding hydrogens is 272 g/mol. The molecule has 0 bridgehead atoms. The van der Waals surface area contributed by atoms with Crippen LogP contribution >= 0.6 is 11.3 Å². The van der Waals surface area contributed by atoms with E-state index in [4.69, 9.17) is 0 Å². The summed E-state index contributed by atoms with van der Waals surface area (Å²) < 4.78 is 1.52. The standard InChI is InChI=1S/C15H26N2O2S/c1-3-4-5-6-7-8-9-10-16-14(18)11-17-13(2)12-20-15(17)19/h12H,3-11H2,1-2H3,(H,16,18). The first-order chi connectivity index (χ1) is 9.65. The van der Waals surface area contributed by atoms with Crippen LogP contribution in [0.25, 0.3) is 0 Å². The van der Waals surface area contributed by atoms with Crippen molar-refractivity contribution < 1.29 is 4.79 Å². The van der Waals surface area contributed by atoms with Crippen molar-refractivity contribution >= 4 is 17.2 Å². The number of rotatable bonds is 10. The van der Waals surface area contributed by atoms with Crippen LogP contribution in [0, 0.1) is 6.92 Å². The first kappa shape index (κ1) is 17.0. The molecule has 1 aromatic heterocycles. The van der Waals surface area contributed by atoms with Crippen molar-refractivity contribution in [3.63, 3.8) is 0 Å². The molecule has 0 aliphatic rings. The zero-order valence-electron chi connectivity index (χ0n) is 12.6. The van der Waals surface area contributed by atoms with Crippen LogP contribution in [0.5, 0.6) is 0 Å². The van der Waals surface area contributed by atoms with Gasteiger partial charge in [0.25, 0.3) is 0 Å². The van der Waals surface area contributed by atoms with E-state index in [-0.39, 0.29) is 17.3 Å². The highest BCUT2D eigenvalue weighted by Crippen LogP contribution is 2.06. The molecule has 0 spiro atoms. The fourth-order valence-electron chi connectivity index (χ4n) is 2.11. The Morgan fingerprint density at radius 3 is 2.45 bits per heavy atom. The number of thiazole rings is 1. The molecule has 1 rings (SSSR count). The Labute approximate surface area is 125 Å². The summed E-state index contributed by atoms with van der Waals surface area (Å²) in [5.74, 6) is -0.0698. The summed E-state index contributed by atoms with van der Waals surface area (Å²) >= 11 is 1.14. The van der Waals surface area contributed by atoms with E-state index in [2.05, 4.69) is 12.2 Å². The molecule has 20 heavy (non-hydrogen) atoms. The van der Waals surface area contributed by atoms with Gasteiger partial charge in [0, 0.05) is 17.6 Å². The Bertz CT molecular complexity index is 451. The third-order valence-electron chi connectivity index (χ3n) is 3.38. The number of hydrogen-bond donors (Lipinski definition) is 1. The second-order valence-electron chi connectivity index (χ2n) is 5.20. The average Bonchev–Trinajstić information content (AvgIpc) is 2.73. The molecule has 0 unspecified atom stereocenters. The molecule has 0 aromatic carbocycles. The fraction of sp³-hybridized carbons (Fsp3) is 0.733. The van der Waals surface area contributed by atoms with E-state index in [0.29, 0.717) is 6.54 Å². The highest BCUT2D eigenvalue weighted by atomic mass is 32.1. The quantitative estimate of drug-likeness (QED) is 0.675. The van der Waals surface area contributed by atoms with Gasteiger partial charge in [-0.15, -0.1) is 0 Å². The molecular formula is C15H26N2O2S. The summed E-state index contributed by atoms with van der Waals surface area (Å²) in [7, 11) is 0. The first-order valence-corrected chi connectivity index (χ1v) is 8.44. The first-order valence-electron chi connectivity index (χ1n) is 7.56. The minimum absolute atomic E-state index is 0.0615. The van der Waals surface area contributed by atoms with Gasteiger partial charge in [-0.3, -0.25) is 14.2 Å². The van der Waals surface area contributed by atoms with E-state index in [1.54, 1.807) is 5.38 Å². The van der Waals surface area contributed by atoms with Gasteiger partial charge in [-0.1, -0.05) is 56.8 Å². The normalized spacial score (nSPS) is 10.7. The number of nitrogens with zero attached hydrogens (tertiary/aromatic N) is 1. The topological polar surface area (TPSA) is 51.1 Å². The Balaban J connectivity index is 2.08. The minimum atomic E-state index is -0.0698. The lowest BCUT2D eigenvalue weighted by molar-refractivity contribution is -0.121. The largest absolute Gasteiger partial charge is 0.355 e. The number of aryl methyl sites for hydroxylation is 1. The molecule has 4 nitrogen and oxygen atoms in total. The molecule has 0 atom stereocenters. The van der Waals surface area contributed by atoms with Gasteiger partial charge < -0.3 is 5.32 Å². The monoisotopic (exact) mass is 298 g/mol. The van der Waals surface area contributed by atoms with Gasteiger partial charge in [0.2, 0.25) is 5.91 Å². The van der Waals surface area contributed by atoms with Gasteiger partial charge in [-0.25, -0.2) is 0 Å². The van der Waals surface area contributed by atoms with Crippen LogP contribution in [0.2, 0.25) is 0 Å². The van der Waals surface area contributed by atoms with Gasteiger partial charge >= 0.3 is 4.87 Å². The molecule has 0 radical (unpaired) electrons. The lowest BCUT2D eigenvalue weighted by Gasteiger charge is -2.06. The van der Waals surface area contributed by atoms with Crippen LogP contribution in [0.3, 0.4) is 0 Å².